The van der Waals surface area contributed by atoms with Gasteiger partial charge in [0.25, 0.3) is 17.7 Å². The second-order valence-corrected chi connectivity index (χ2v) is 4.95. The van der Waals surface area contributed by atoms with Crippen molar-refractivity contribution in [3.8, 4) is 0 Å². The summed E-state index contributed by atoms with van der Waals surface area (Å²) < 4.78 is 0. The highest BCUT2D eigenvalue weighted by atomic mass is 16.2. The van der Waals surface area contributed by atoms with E-state index in [9.17, 15) is 14.4 Å². The first-order chi connectivity index (χ1) is 9.97. The van der Waals surface area contributed by atoms with Gasteiger partial charge in [-0.3, -0.25) is 19.8 Å². The van der Waals surface area contributed by atoms with Gasteiger partial charge in [0.05, 0.1) is 0 Å². The molecule has 5 nitrogen and oxygen atoms in total. The van der Waals surface area contributed by atoms with Crippen LogP contribution in [0, 0.1) is 6.92 Å². The molecule has 0 aromatic heterocycles. The molecule has 1 aromatic rings. The van der Waals surface area contributed by atoms with Crippen molar-refractivity contribution < 1.29 is 14.4 Å². The van der Waals surface area contributed by atoms with E-state index in [1.807, 2.05) is 32.9 Å². The third-order valence-electron chi connectivity index (χ3n) is 3.46. The van der Waals surface area contributed by atoms with E-state index in [2.05, 4.69) is 5.43 Å². The molecule has 0 saturated carbocycles. The van der Waals surface area contributed by atoms with Gasteiger partial charge < -0.3 is 0 Å². The number of nitrogens with zero attached hydrogens (tertiary/aromatic N) is 1. The standard InChI is InChI=1S/C16H18N2O3/c1-4-11-8-10(3)9-12(5-2)15(11)16(21)17-18-13(19)6-7-14(18)20/h6-9H,4-5H2,1-3H3,(H,17,21). The smallest absolute Gasteiger partial charge is 0.267 e. The second kappa shape index (κ2) is 5.91. The molecular weight excluding hydrogens is 268 g/mol. The number of benzene rings is 1. The van der Waals surface area contributed by atoms with Gasteiger partial charge in [-0.15, -0.1) is 0 Å². The number of amides is 3. The number of carbonyl (C=O) groups excluding carboxylic acids is 3. The van der Waals surface area contributed by atoms with Crippen LogP contribution in [0.5, 0.6) is 0 Å². The zero-order valence-corrected chi connectivity index (χ0v) is 12.4. The second-order valence-electron chi connectivity index (χ2n) is 4.95. The molecule has 0 unspecified atom stereocenters. The van der Waals surface area contributed by atoms with Gasteiger partial charge in [0.15, 0.2) is 0 Å². The Morgan fingerprint density at radius 1 is 1.05 bits per heavy atom. The molecule has 0 bridgehead atoms. The van der Waals surface area contributed by atoms with E-state index in [0.29, 0.717) is 18.4 Å². The van der Waals surface area contributed by atoms with E-state index >= 15 is 0 Å². The van der Waals surface area contributed by atoms with Crippen molar-refractivity contribution in [2.45, 2.75) is 33.6 Å². The lowest BCUT2D eigenvalue weighted by Gasteiger charge is -2.19. The Morgan fingerprint density at radius 3 is 1.95 bits per heavy atom. The van der Waals surface area contributed by atoms with E-state index in [4.69, 9.17) is 0 Å². The van der Waals surface area contributed by atoms with Crippen LogP contribution in [-0.4, -0.2) is 22.7 Å². The van der Waals surface area contributed by atoms with E-state index in [1.165, 1.54) is 0 Å². The molecule has 21 heavy (non-hydrogen) atoms. The molecule has 1 aromatic carbocycles. The molecule has 1 aliphatic rings. The Bertz CT molecular complexity index is 604. The summed E-state index contributed by atoms with van der Waals surface area (Å²) >= 11 is 0. The molecule has 0 atom stereocenters. The normalized spacial score (nSPS) is 14.0. The molecule has 0 saturated heterocycles. The van der Waals surface area contributed by atoms with Crippen molar-refractivity contribution in [3.63, 3.8) is 0 Å². The number of imide groups is 1. The predicted molar refractivity (Wildman–Crippen MR) is 78.4 cm³/mol. The topological polar surface area (TPSA) is 66.5 Å². The Kier molecular flexibility index (Phi) is 4.21. The van der Waals surface area contributed by atoms with Gasteiger partial charge in [0.1, 0.15) is 0 Å². The lowest BCUT2D eigenvalue weighted by molar-refractivity contribution is -0.139. The SMILES string of the molecule is CCc1cc(C)cc(CC)c1C(=O)NN1C(=O)C=CC1=O. The summed E-state index contributed by atoms with van der Waals surface area (Å²) in [5, 5.41) is 0.737. The van der Waals surface area contributed by atoms with Gasteiger partial charge in [-0.25, -0.2) is 0 Å². The fraction of sp³-hybridized carbons (Fsp3) is 0.312. The zero-order valence-electron chi connectivity index (χ0n) is 12.4. The van der Waals surface area contributed by atoms with Crippen LogP contribution < -0.4 is 5.43 Å². The van der Waals surface area contributed by atoms with Crippen LogP contribution in [-0.2, 0) is 22.4 Å². The summed E-state index contributed by atoms with van der Waals surface area (Å²) in [4.78, 5) is 35.5. The molecule has 0 spiro atoms. The van der Waals surface area contributed by atoms with Crippen LogP contribution in [0.25, 0.3) is 0 Å². The van der Waals surface area contributed by atoms with Crippen molar-refractivity contribution in [2.75, 3.05) is 0 Å². The minimum absolute atomic E-state index is 0.422. The van der Waals surface area contributed by atoms with E-state index in [0.717, 1.165) is 33.9 Å². The molecule has 0 fully saturated rings. The lowest BCUT2D eigenvalue weighted by atomic mass is 9.94. The lowest BCUT2D eigenvalue weighted by Crippen LogP contribution is -2.46. The van der Waals surface area contributed by atoms with Crippen LogP contribution in [0.1, 0.15) is 40.9 Å². The molecule has 1 aliphatic heterocycles. The summed E-state index contributed by atoms with van der Waals surface area (Å²) in [6.07, 6.45) is 3.69. The molecule has 3 amide bonds. The fourth-order valence-corrected chi connectivity index (χ4v) is 2.46. The van der Waals surface area contributed by atoms with E-state index in [-0.39, 0.29) is 0 Å². The van der Waals surface area contributed by atoms with Crippen molar-refractivity contribution in [1.29, 1.82) is 0 Å². The Hall–Kier alpha value is -2.43. The zero-order chi connectivity index (χ0) is 15.6. The average Bonchev–Trinajstić information content (AvgIpc) is 2.77. The number of hydrogen-bond donors (Lipinski definition) is 1. The maximum atomic E-state index is 12.5. The molecule has 0 aliphatic carbocycles. The van der Waals surface area contributed by atoms with Crippen LogP contribution in [0.2, 0.25) is 0 Å². The highest BCUT2D eigenvalue weighted by Gasteiger charge is 2.27. The average molecular weight is 286 g/mol. The van der Waals surface area contributed by atoms with Gasteiger partial charge >= 0.3 is 0 Å². The van der Waals surface area contributed by atoms with Gasteiger partial charge in [-0.1, -0.05) is 31.5 Å². The first-order valence-corrected chi connectivity index (χ1v) is 6.97. The largest absolute Gasteiger partial charge is 0.272 e. The minimum Gasteiger partial charge on any atom is -0.267 e. The van der Waals surface area contributed by atoms with Crippen molar-refractivity contribution >= 4 is 17.7 Å². The number of rotatable bonds is 4. The first-order valence-electron chi connectivity index (χ1n) is 6.97. The number of aryl methyl sites for hydroxylation is 3. The molecule has 0 radical (unpaired) electrons. The summed E-state index contributed by atoms with van der Waals surface area (Å²) in [7, 11) is 0. The quantitative estimate of drug-likeness (QED) is 0.857. The fourth-order valence-electron chi connectivity index (χ4n) is 2.46. The van der Waals surface area contributed by atoms with E-state index in [1.54, 1.807) is 0 Å². The van der Waals surface area contributed by atoms with Crippen LogP contribution in [0.3, 0.4) is 0 Å². The van der Waals surface area contributed by atoms with Crippen LogP contribution in [0.4, 0.5) is 0 Å². The Balaban J connectivity index is 2.35. The molecule has 110 valence electrons. The number of nitrogens with one attached hydrogen (secondary N) is 1. The van der Waals surface area contributed by atoms with Crippen LogP contribution >= 0.6 is 0 Å². The molecule has 1 N–H and O–H groups in total. The summed E-state index contributed by atoms with van der Waals surface area (Å²) in [6, 6.07) is 3.92. The maximum Gasteiger partial charge on any atom is 0.272 e. The number of carbonyl (C=O) groups is 3. The number of hydrazine groups is 1. The minimum atomic E-state index is -0.531. The third kappa shape index (κ3) is 2.86. The van der Waals surface area contributed by atoms with Crippen molar-refractivity contribution in [1.82, 2.24) is 10.4 Å². The monoisotopic (exact) mass is 286 g/mol. The maximum absolute atomic E-state index is 12.5. The summed E-state index contributed by atoms with van der Waals surface area (Å²) in [6.45, 7) is 5.93. The van der Waals surface area contributed by atoms with Crippen molar-refractivity contribution in [3.05, 3.63) is 46.5 Å². The van der Waals surface area contributed by atoms with Gasteiger partial charge in [0, 0.05) is 17.7 Å². The van der Waals surface area contributed by atoms with Gasteiger partial charge in [-0.2, -0.15) is 5.01 Å². The third-order valence-corrected chi connectivity index (χ3v) is 3.46. The highest BCUT2D eigenvalue weighted by Crippen LogP contribution is 2.19. The predicted octanol–water partition coefficient (Wildman–Crippen LogP) is 1.69. The van der Waals surface area contributed by atoms with Gasteiger partial charge in [-0.05, 0) is 30.9 Å². The van der Waals surface area contributed by atoms with Crippen molar-refractivity contribution in [2.24, 2.45) is 0 Å². The Labute approximate surface area is 123 Å². The molecule has 1 heterocycles. The Morgan fingerprint density at radius 2 is 1.52 bits per heavy atom. The molecule has 2 rings (SSSR count). The summed E-state index contributed by atoms with van der Waals surface area (Å²) in [5.74, 6) is -1.48. The van der Waals surface area contributed by atoms with E-state index < -0.39 is 17.7 Å². The highest BCUT2D eigenvalue weighted by molar-refractivity contribution is 6.14. The van der Waals surface area contributed by atoms with Gasteiger partial charge in [0.2, 0.25) is 0 Å². The molecule has 5 heteroatoms. The molecular formula is C16H18N2O3. The number of hydrogen-bond acceptors (Lipinski definition) is 3. The van der Waals surface area contributed by atoms with Crippen LogP contribution in [0.15, 0.2) is 24.3 Å². The first kappa shape index (κ1) is 15.0. The summed E-state index contributed by atoms with van der Waals surface area (Å²) in [5.41, 5.74) is 5.87.